The summed E-state index contributed by atoms with van der Waals surface area (Å²) in [7, 11) is 0. The Morgan fingerprint density at radius 3 is 2.76 bits per heavy atom. The summed E-state index contributed by atoms with van der Waals surface area (Å²) >= 11 is 0. The number of nitrogens with zero attached hydrogens (tertiary/aromatic N) is 1. The maximum Gasteiger partial charge on any atom is 0.319 e. The second-order valence-electron chi connectivity index (χ2n) is 6.04. The van der Waals surface area contributed by atoms with Gasteiger partial charge in [0.05, 0.1) is 18.8 Å². The van der Waals surface area contributed by atoms with Crippen LogP contribution in [0.25, 0.3) is 0 Å². The van der Waals surface area contributed by atoms with Crippen LogP contribution >= 0.6 is 0 Å². The van der Waals surface area contributed by atoms with E-state index in [1.54, 1.807) is 6.20 Å². The summed E-state index contributed by atoms with van der Waals surface area (Å²) in [5.74, 6) is 0.987. The van der Waals surface area contributed by atoms with Gasteiger partial charge in [0.25, 0.3) is 0 Å². The number of carbonyl (C=O) groups excluding carboxylic acids is 1. The molecule has 21 heavy (non-hydrogen) atoms. The van der Waals surface area contributed by atoms with E-state index in [-0.39, 0.29) is 12.5 Å². The fraction of sp³-hybridized carbons (Fsp3) is 0.647. The molecule has 0 radical (unpaired) electrons. The second kappa shape index (κ2) is 10.3. The fourth-order valence-corrected chi connectivity index (χ4v) is 2.04. The average Bonchev–Trinajstić information content (AvgIpc) is 2.46. The van der Waals surface area contributed by atoms with Crippen LogP contribution in [0, 0.1) is 11.8 Å². The van der Waals surface area contributed by atoms with Crippen molar-refractivity contribution < 1.29 is 9.53 Å². The first-order chi connectivity index (χ1) is 10.1. The van der Waals surface area contributed by atoms with E-state index >= 15 is 0 Å². The molecular formula is C17H28N2O2. The summed E-state index contributed by atoms with van der Waals surface area (Å²) in [6, 6.07) is 5.73. The van der Waals surface area contributed by atoms with E-state index in [1.807, 2.05) is 18.2 Å². The van der Waals surface area contributed by atoms with Crippen molar-refractivity contribution in [1.82, 2.24) is 10.3 Å². The first-order valence-corrected chi connectivity index (χ1v) is 7.84. The van der Waals surface area contributed by atoms with E-state index in [0.717, 1.165) is 18.0 Å². The third kappa shape index (κ3) is 9.19. The standard InChI is InChI=1S/C17H28N2O2/c1-14(2)7-6-8-15(3)13-21-17(20)12-18-11-16-9-4-5-10-19-16/h4-5,9-10,14-15,18H,6-8,11-13H2,1-3H3. The first kappa shape index (κ1) is 17.6. The van der Waals surface area contributed by atoms with Crippen LogP contribution in [0.4, 0.5) is 0 Å². The Morgan fingerprint density at radius 2 is 2.10 bits per heavy atom. The fourth-order valence-electron chi connectivity index (χ4n) is 2.04. The van der Waals surface area contributed by atoms with Crippen molar-refractivity contribution in [3.63, 3.8) is 0 Å². The van der Waals surface area contributed by atoms with Gasteiger partial charge < -0.3 is 10.1 Å². The van der Waals surface area contributed by atoms with Crippen molar-refractivity contribution in [2.75, 3.05) is 13.2 Å². The summed E-state index contributed by atoms with van der Waals surface area (Å²) in [6.07, 6.45) is 5.30. The molecular weight excluding hydrogens is 264 g/mol. The molecule has 4 heteroatoms. The quantitative estimate of drug-likeness (QED) is 0.673. The summed E-state index contributed by atoms with van der Waals surface area (Å²) in [5, 5.41) is 3.05. The number of ether oxygens (including phenoxy) is 1. The maximum absolute atomic E-state index is 11.6. The zero-order valence-corrected chi connectivity index (χ0v) is 13.5. The van der Waals surface area contributed by atoms with Gasteiger partial charge in [-0.2, -0.15) is 0 Å². The molecule has 1 atom stereocenters. The highest BCUT2D eigenvalue weighted by atomic mass is 16.5. The zero-order valence-electron chi connectivity index (χ0n) is 13.5. The van der Waals surface area contributed by atoms with Crippen LogP contribution in [0.3, 0.4) is 0 Å². The Balaban J connectivity index is 2.05. The Hall–Kier alpha value is -1.42. The van der Waals surface area contributed by atoms with Crippen molar-refractivity contribution in [3.8, 4) is 0 Å². The maximum atomic E-state index is 11.6. The van der Waals surface area contributed by atoms with Crippen LogP contribution in [0.5, 0.6) is 0 Å². The van der Waals surface area contributed by atoms with Gasteiger partial charge in [-0.1, -0.05) is 39.7 Å². The molecule has 0 bridgehead atoms. The predicted molar refractivity (Wildman–Crippen MR) is 84.8 cm³/mol. The number of pyridine rings is 1. The highest BCUT2D eigenvalue weighted by Crippen LogP contribution is 2.12. The van der Waals surface area contributed by atoms with Gasteiger partial charge >= 0.3 is 5.97 Å². The largest absolute Gasteiger partial charge is 0.464 e. The smallest absolute Gasteiger partial charge is 0.319 e. The Labute approximate surface area is 128 Å². The molecule has 0 spiro atoms. The molecule has 118 valence electrons. The van der Waals surface area contributed by atoms with Crippen molar-refractivity contribution in [3.05, 3.63) is 30.1 Å². The number of rotatable bonds is 10. The van der Waals surface area contributed by atoms with Gasteiger partial charge in [-0.3, -0.25) is 9.78 Å². The molecule has 0 aromatic carbocycles. The number of hydrogen-bond acceptors (Lipinski definition) is 4. The van der Waals surface area contributed by atoms with E-state index in [9.17, 15) is 4.79 Å². The predicted octanol–water partition coefficient (Wildman–Crippen LogP) is 3.18. The minimum Gasteiger partial charge on any atom is -0.464 e. The van der Waals surface area contributed by atoms with E-state index in [0.29, 0.717) is 19.1 Å². The van der Waals surface area contributed by atoms with Crippen LogP contribution in [0.1, 0.15) is 45.7 Å². The van der Waals surface area contributed by atoms with E-state index in [1.165, 1.54) is 12.8 Å². The van der Waals surface area contributed by atoms with Crippen molar-refractivity contribution in [2.24, 2.45) is 11.8 Å². The molecule has 0 fully saturated rings. The molecule has 0 saturated heterocycles. The first-order valence-electron chi connectivity index (χ1n) is 7.84. The second-order valence-corrected chi connectivity index (χ2v) is 6.04. The van der Waals surface area contributed by atoms with Crippen molar-refractivity contribution >= 4 is 5.97 Å². The normalized spacial score (nSPS) is 12.4. The van der Waals surface area contributed by atoms with Gasteiger partial charge in [-0.05, 0) is 30.4 Å². The highest BCUT2D eigenvalue weighted by molar-refractivity contribution is 5.71. The van der Waals surface area contributed by atoms with E-state index in [4.69, 9.17) is 4.74 Å². The molecule has 1 unspecified atom stereocenters. The van der Waals surface area contributed by atoms with Crippen LogP contribution in [-0.2, 0) is 16.1 Å². The highest BCUT2D eigenvalue weighted by Gasteiger charge is 2.08. The van der Waals surface area contributed by atoms with E-state index in [2.05, 4.69) is 31.1 Å². The number of hydrogen-bond donors (Lipinski definition) is 1. The molecule has 1 aromatic rings. The number of aromatic nitrogens is 1. The van der Waals surface area contributed by atoms with Gasteiger partial charge in [0.15, 0.2) is 0 Å². The monoisotopic (exact) mass is 292 g/mol. The van der Waals surface area contributed by atoms with Crippen LogP contribution in [0.2, 0.25) is 0 Å². The summed E-state index contributed by atoms with van der Waals surface area (Å²) in [5.41, 5.74) is 0.923. The van der Waals surface area contributed by atoms with E-state index < -0.39 is 0 Å². The molecule has 0 aliphatic carbocycles. The van der Waals surface area contributed by atoms with Gasteiger partial charge in [0.1, 0.15) is 0 Å². The molecule has 0 aliphatic rings. The molecule has 1 aromatic heterocycles. The lowest BCUT2D eigenvalue weighted by molar-refractivity contribution is -0.143. The molecule has 4 nitrogen and oxygen atoms in total. The zero-order chi connectivity index (χ0) is 15.5. The molecule has 0 amide bonds. The molecule has 1 N–H and O–H groups in total. The third-order valence-electron chi connectivity index (χ3n) is 3.31. The van der Waals surface area contributed by atoms with Crippen LogP contribution in [-0.4, -0.2) is 24.1 Å². The summed E-state index contributed by atoms with van der Waals surface area (Å²) in [6.45, 7) is 7.93. The minimum atomic E-state index is -0.193. The Kier molecular flexibility index (Phi) is 8.67. The lowest BCUT2D eigenvalue weighted by Crippen LogP contribution is -2.26. The number of carbonyl (C=O) groups is 1. The minimum absolute atomic E-state index is 0.193. The van der Waals surface area contributed by atoms with Crippen molar-refractivity contribution in [1.29, 1.82) is 0 Å². The van der Waals surface area contributed by atoms with Crippen LogP contribution < -0.4 is 5.32 Å². The summed E-state index contributed by atoms with van der Waals surface area (Å²) < 4.78 is 5.28. The van der Waals surface area contributed by atoms with Crippen molar-refractivity contribution in [2.45, 2.75) is 46.6 Å². The van der Waals surface area contributed by atoms with Gasteiger partial charge in [0.2, 0.25) is 0 Å². The van der Waals surface area contributed by atoms with Gasteiger partial charge in [-0.25, -0.2) is 0 Å². The molecule has 0 saturated carbocycles. The third-order valence-corrected chi connectivity index (χ3v) is 3.31. The number of esters is 1. The van der Waals surface area contributed by atoms with Crippen LogP contribution in [0.15, 0.2) is 24.4 Å². The SMILES string of the molecule is CC(C)CCCC(C)COC(=O)CNCc1ccccn1. The van der Waals surface area contributed by atoms with Gasteiger partial charge in [0, 0.05) is 12.7 Å². The van der Waals surface area contributed by atoms with Gasteiger partial charge in [-0.15, -0.1) is 0 Å². The molecule has 0 aliphatic heterocycles. The lowest BCUT2D eigenvalue weighted by atomic mass is 10.0. The molecule has 1 heterocycles. The number of nitrogens with one attached hydrogen (secondary N) is 1. The average molecular weight is 292 g/mol. The lowest BCUT2D eigenvalue weighted by Gasteiger charge is -2.13. The topological polar surface area (TPSA) is 51.2 Å². The molecule has 1 rings (SSSR count). The Bertz CT molecular complexity index is 393. The summed E-state index contributed by atoms with van der Waals surface area (Å²) in [4.78, 5) is 15.8. The Morgan fingerprint density at radius 1 is 1.29 bits per heavy atom.